The Kier molecular flexibility index (Phi) is 9.81. The summed E-state index contributed by atoms with van der Waals surface area (Å²) in [5.41, 5.74) is 1.74. The zero-order chi connectivity index (χ0) is 28.7. The Bertz CT molecular complexity index is 1400. The lowest BCUT2D eigenvalue weighted by molar-refractivity contribution is -0.140. The van der Waals surface area contributed by atoms with Gasteiger partial charge in [0.05, 0.1) is 11.9 Å². The number of nitrogens with zero attached hydrogens (tertiary/aromatic N) is 2. The summed E-state index contributed by atoms with van der Waals surface area (Å²) in [7, 11) is -3.87. The van der Waals surface area contributed by atoms with Gasteiger partial charge in [0, 0.05) is 24.0 Å². The lowest BCUT2D eigenvalue weighted by Crippen LogP contribution is -2.54. The Morgan fingerprint density at radius 1 is 0.950 bits per heavy atom. The zero-order valence-electron chi connectivity index (χ0n) is 22.3. The van der Waals surface area contributed by atoms with Gasteiger partial charge in [-0.1, -0.05) is 66.9 Å². The van der Waals surface area contributed by atoms with Crippen LogP contribution in [0, 0.1) is 5.82 Å². The van der Waals surface area contributed by atoms with Gasteiger partial charge >= 0.3 is 0 Å². The SMILES string of the molecule is CS(=O)(=O)N(CC(=O)N(Cc1ccc(F)cc1)C(Cc1ccccc1)C(=O)NC1CCCC1)c1ccc(Cl)cc1. The minimum Gasteiger partial charge on any atom is -0.352 e. The van der Waals surface area contributed by atoms with E-state index in [-0.39, 0.29) is 30.6 Å². The number of amides is 2. The molecule has 4 rings (SSSR count). The highest BCUT2D eigenvalue weighted by atomic mass is 35.5. The molecule has 1 unspecified atom stereocenters. The van der Waals surface area contributed by atoms with Crippen LogP contribution in [-0.2, 0) is 32.6 Å². The standard InChI is InChI=1S/C30H33ClFN3O4S/c1-40(38,39)35(27-17-13-24(31)14-18-27)21-29(36)34(20-23-11-15-25(32)16-12-23)28(19-22-7-3-2-4-8-22)30(37)33-26-9-5-6-10-26/h2-4,7-8,11-18,26,28H,5-6,9-10,19-21H2,1H3,(H,33,37). The normalized spacial score (nSPS) is 14.5. The fraction of sp³-hybridized carbons (Fsp3) is 0.333. The van der Waals surface area contributed by atoms with Gasteiger partial charge < -0.3 is 10.2 Å². The van der Waals surface area contributed by atoms with Crippen molar-refractivity contribution in [3.63, 3.8) is 0 Å². The minimum absolute atomic E-state index is 0.00702. The third kappa shape index (κ3) is 8.05. The molecule has 7 nitrogen and oxygen atoms in total. The molecule has 0 radical (unpaired) electrons. The first-order valence-corrected chi connectivity index (χ1v) is 15.4. The highest BCUT2D eigenvalue weighted by Gasteiger charge is 2.34. The van der Waals surface area contributed by atoms with Crippen molar-refractivity contribution in [2.24, 2.45) is 0 Å². The molecule has 212 valence electrons. The summed E-state index contributed by atoms with van der Waals surface area (Å²) in [6.07, 6.45) is 5.04. The summed E-state index contributed by atoms with van der Waals surface area (Å²) in [6.45, 7) is -0.531. The molecular formula is C30H33ClFN3O4S. The van der Waals surface area contributed by atoms with Crippen LogP contribution in [0.1, 0.15) is 36.8 Å². The molecule has 0 saturated heterocycles. The Labute approximate surface area is 240 Å². The molecule has 1 aliphatic rings. The lowest BCUT2D eigenvalue weighted by Gasteiger charge is -2.34. The second-order valence-corrected chi connectivity index (χ2v) is 12.4. The molecule has 10 heteroatoms. The molecule has 2 amide bonds. The number of hydrogen-bond donors (Lipinski definition) is 1. The van der Waals surface area contributed by atoms with Crippen LogP contribution in [-0.4, -0.2) is 50.0 Å². The fourth-order valence-electron chi connectivity index (χ4n) is 4.93. The Hall–Kier alpha value is -3.43. The Morgan fingerprint density at radius 2 is 1.57 bits per heavy atom. The van der Waals surface area contributed by atoms with Gasteiger partial charge in [0.1, 0.15) is 18.4 Å². The summed E-state index contributed by atoms with van der Waals surface area (Å²) in [5, 5.41) is 3.54. The van der Waals surface area contributed by atoms with Crippen molar-refractivity contribution in [2.45, 2.75) is 50.7 Å². The largest absolute Gasteiger partial charge is 0.352 e. The van der Waals surface area contributed by atoms with Gasteiger partial charge in [-0.3, -0.25) is 13.9 Å². The maximum Gasteiger partial charge on any atom is 0.244 e. The van der Waals surface area contributed by atoms with Crippen LogP contribution in [0.3, 0.4) is 0 Å². The number of rotatable bonds is 11. The molecule has 0 aromatic heterocycles. The molecular weight excluding hydrogens is 553 g/mol. The highest BCUT2D eigenvalue weighted by molar-refractivity contribution is 7.92. The van der Waals surface area contributed by atoms with Crippen molar-refractivity contribution in [3.05, 3.63) is 101 Å². The maximum absolute atomic E-state index is 14.0. The summed E-state index contributed by atoms with van der Waals surface area (Å²) >= 11 is 6.00. The highest BCUT2D eigenvalue weighted by Crippen LogP contribution is 2.23. The number of nitrogens with one attached hydrogen (secondary N) is 1. The van der Waals surface area contributed by atoms with E-state index >= 15 is 0 Å². The molecule has 0 spiro atoms. The number of benzene rings is 3. The molecule has 3 aromatic carbocycles. The van der Waals surface area contributed by atoms with Gasteiger partial charge in [-0.15, -0.1) is 0 Å². The molecule has 1 fully saturated rings. The Morgan fingerprint density at radius 3 is 2.17 bits per heavy atom. The fourth-order valence-corrected chi connectivity index (χ4v) is 5.90. The van der Waals surface area contributed by atoms with Crippen LogP contribution in [0.2, 0.25) is 5.02 Å². The van der Waals surface area contributed by atoms with E-state index in [1.807, 2.05) is 30.3 Å². The van der Waals surface area contributed by atoms with Gasteiger partial charge in [0.15, 0.2) is 0 Å². The van der Waals surface area contributed by atoms with E-state index < -0.39 is 34.3 Å². The van der Waals surface area contributed by atoms with Crippen LogP contribution in [0.4, 0.5) is 10.1 Å². The molecule has 1 atom stereocenters. The molecule has 1 aliphatic carbocycles. The van der Waals surface area contributed by atoms with Gasteiger partial charge in [-0.05, 0) is 60.4 Å². The third-order valence-corrected chi connectivity index (χ3v) is 8.43. The number of halogens is 2. The zero-order valence-corrected chi connectivity index (χ0v) is 23.9. The topological polar surface area (TPSA) is 86.8 Å². The van der Waals surface area contributed by atoms with E-state index in [0.717, 1.165) is 41.8 Å². The first kappa shape index (κ1) is 29.6. The van der Waals surface area contributed by atoms with Crippen LogP contribution >= 0.6 is 11.6 Å². The number of hydrogen-bond acceptors (Lipinski definition) is 4. The molecule has 0 bridgehead atoms. The van der Waals surface area contributed by atoms with Crippen molar-refractivity contribution in [1.29, 1.82) is 0 Å². The van der Waals surface area contributed by atoms with E-state index in [9.17, 15) is 22.4 Å². The predicted octanol–water partition coefficient (Wildman–Crippen LogP) is 4.94. The van der Waals surface area contributed by atoms with Gasteiger partial charge in [0.2, 0.25) is 21.8 Å². The summed E-state index contributed by atoms with van der Waals surface area (Å²) < 4.78 is 40.3. The molecule has 1 saturated carbocycles. The van der Waals surface area contributed by atoms with E-state index in [2.05, 4.69) is 5.32 Å². The molecule has 0 aliphatic heterocycles. The van der Waals surface area contributed by atoms with Crippen LogP contribution < -0.4 is 9.62 Å². The summed E-state index contributed by atoms with van der Waals surface area (Å²) in [6, 6.07) is 20.3. The van der Waals surface area contributed by atoms with Gasteiger partial charge in [-0.2, -0.15) is 0 Å². The van der Waals surface area contributed by atoms with Crippen LogP contribution in [0.5, 0.6) is 0 Å². The summed E-state index contributed by atoms with van der Waals surface area (Å²) in [4.78, 5) is 29.2. The molecule has 1 N–H and O–H groups in total. The van der Waals surface area contributed by atoms with Crippen molar-refractivity contribution >= 4 is 39.1 Å². The van der Waals surface area contributed by atoms with Crippen LogP contribution in [0.15, 0.2) is 78.9 Å². The van der Waals surface area contributed by atoms with Gasteiger partial charge in [-0.25, -0.2) is 12.8 Å². The van der Waals surface area contributed by atoms with E-state index in [1.165, 1.54) is 29.2 Å². The van der Waals surface area contributed by atoms with E-state index in [4.69, 9.17) is 11.6 Å². The average molecular weight is 586 g/mol. The molecule has 40 heavy (non-hydrogen) atoms. The maximum atomic E-state index is 14.0. The second kappa shape index (κ2) is 13.3. The van der Waals surface area contributed by atoms with Crippen molar-refractivity contribution in [3.8, 4) is 0 Å². The smallest absolute Gasteiger partial charge is 0.244 e. The van der Waals surface area contributed by atoms with Crippen molar-refractivity contribution in [1.82, 2.24) is 10.2 Å². The second-order valence-electron chi connectivity index (χ2n) is 10.1. The van der Waals surface area contributed by atoms with Crippen LogP contribution in [0.25, 0.3) is 0 Å². The summed E-state index contributed by atoms with van der Waals surface area (Å²) in [5.74, 6) is -1.29. The third-order valence-electron chi connectivity index (χ3n) is 7.03. The molecule has 3 aromatic rings. The minimum atomic E-state index is -3.87. The lowest BCUT2D eigenvalue weighted by atomic mass is 10.0. The number of sulfonamides is 1. The quantitative estimate of drug-likeness (QED) is 0.345. The Balaban J connectivity index is 1.71. The number of carbonyl (C=O) groups is 2. The van der Waals surface area contributed by atoms with E-state index in [1.54, 1.807) is 24.3 Å². The number of anilines is 1. The number of carbonyl (C=O) groups excluding carboxylic acids is 2. The van der Waals surface area contributed by atoms with Gasteiger partial charge in [0.25, 0.3) is 0 Å². The monoisotopic (exact) mass is 585 g/mol. The average Bonchev–Trinajstić information content (AvgIpc) is 3.44. The predicted molar refractivity (Wildman–Crippen MR) is 155 cm³/mol. The van der Waals surface area contributed by atoms with E-state index in [0.29, 0.717) is 10.6 Å². The van der Waals surface area contributed by atoms with Crippen molar-refractivity contribution in [2.75, 3.05) is 17.1 Å². The van der Waals surface area contributed by atoms with Crippen molar-refractivity contribution < 1.29 is 22.4 Å². The molecule has 0 heterocycles. The first-order valence-electron chi connectivity index (χ1n) is 13.2. The first-order chi connectivity index (χ1) is 19.1.